The molecule has 0 unspecified atom stereocenters. The number of rotatable bonds is 6. The minimum atomic E-state index is 0.0103. The molecule has 6 heteroatoms. The van der Waals surface area contributed by atoms with Gasteiger partial charge >= 0.3 is 0 Å². The van der Waals surface area contributed by atoms with Gasteiger partial charge in [0.2, 0.25) is 5.91 Å². The Labute approximate surface area is 101 Å². The monoisotopic (exact) mass is 237 g/mol. The van der Waals surface area contributed by atoms with E-state index in [1.165, 1.54) is 6.33 Å². The SMILES string of the molecule is CCNc1ncnc(NCCC(=O)NC)c1C. The van der Waals surface area contributed by atoms with Crippen LogP contribution in [0.5, 0.6) is 0 Å². The molecule has 0 aliphatic rings. The number of aromatic nitrogens is 2. The molecule has 1 rings (SSSR count). The maximum absolute atomic E-state index is 11.1. The standard InChI is InChI=1S/C11H19N5O/c1-4-13-10-8(2)11(16-7-15-10)14-6-5-9(17)12-3/h7H,4-6H2,1-3H3,(H,12,17)(H2,13,14,15,16). The van der Waals surface area contributed by atoms with Crippen LogP contribution in [0, 0.1) is 6.92 Å². The van der Waals surface area contributed by atoms with Gasteiger partial charge in [0.1, 0.15) is 18.0 Å². The zero-order valence-electron chi connectivity index (χ0n) is 10.5. The van der Waals surface area contributed by atoms with Crippen LogP contribution in [0.25, 0.3) is 0 Å². The van der Waals surface area contributed by atoms with Crippen molar-refractivity contribution in [2.24, 2.45) is 0 Å². The molecule has 0 saturated carbocycles. The lowest BCUT2D eigenvalue weighted by Gasteiger charge is -2.11. The molecule has 0 atom stereocenters. The molecule has 6 nitrogen and oxygen atoms in total. The highest BCUT2D eigenvalue weighted by molar-refractivity contribution is 5.76. The summed E-state index contributed by atoms with van der Waals surface area (Å²) in [5.74, 6) is 1.60. The van der Waals surface area contributed by atoms with Crippen LogP contribution in [0.1, 0.15) is 18.9 Å². The smallest absolute Gasteiger partial charge is 0.221 e. The molecule has 17 heavy (non-hydrogen) atoms. The van der Waals surface area contributed by atoms with Gasteiger partial charge < -0.3 is 16.0 Å². The average molecular weight is 237 g/mol. The molecule has 3 N–H and O–H groups in total. The van der Waals surface area contributed by atoms with E-state index in [9.17, 15) is 4.79 Å². The molecule has 0 fully saturated rings. The molecule has 0 saturated heterocycles. The molecule has 0 radical (unpaired) electrons. The van der Waals surface area contributed by atoms with E-state index in [2.05, 4.69) is 25.9 Å². The van der Waals surface area contributed by atoms with Crippen LogP contribution in [0.15, 0.2) is 6.33 Å². The highest BCUT2D eigenvalue weighted by Crippen LogP contribution is 2.17. The maximum Gasteiger partial charge on any atom is 0.221 e. The molecule has 1 heterocycles. The summed E-state index contributed by atoms with van der Waals surface area (Å²) in [5, 5.41) is 8.85. The Morgan fingerprint density at radius 2 is 1.94 bits per heavy atom. The van der Waals surface area contributed by atoms with Gasteiger partial charge in [-0.25, -0.2) is 9.97 Å². The van der Waals surface area contributed by atoms with E-state index in [1.807, 2.05) is 13.8 Å². The fraction of sp³-hybridized carbons (Fsp3) is 0.545. The van der Waals surface area contributed by atoms with Crippen molar-refractivity contribution < 1.29 is 4.79 Å². The first-order chi connectivity index (χ1) is 8.19. The third-order valence-corrected chi connectivity index (χ3v) is 2.35. The second-order valence-electron chi connectivity index (χ2n) is 3.58. The van der Waals surface area contributed by atoms with Crippen molar-refractivity contribution in [2.75, 3.05) is 30.8 Å². The summed E-state index contributed by atoms with van der Waals surface area (Å²) in [6, 6.07) is 0. The molecular weight excluding hydrogens is 218 g/mol. The first-order valence-corrected chi connectivity index (χ1v) is 5.69. The molecule has 94 valence electrons. The number of nitrogens with one attached hydrogen (secondary N) is 3. The summed E-state index contributed by atoms with van der Waals surface area (Å²) in [5.41, 5.74) is 0.964. The lowest BCUT2D eigenvalue weighted by Crippen LogP contribution is -2.21. The number of amides is 1. The van der Waals surface area contributed by atoms with Gasteiger partial charge in [0.05, 0.1) is 0 Å². The Bertz CT molecular complexity index is 380. The lowest BCUT2D eigenvalue weighted by molar-refractivity contribution is -0.120. The number of carbonyl (C=O) groups is 1. The molecule has 1 aromatic rings. The van der Waals surface area contributed by atoms with Gasteiger partial charge in [0.15, 0.2) is 0 Å². The summed E-state index contributed by atoms with van der Waals surface area (Å²) < 4.78 is 0. The second-order valence-corrected chi connectivity index (χ2v) is 3.58. The summed E-state index contributed by atoms with van der Waals surface area (Å²) >= 11 is 0. The van der Waals surface area contributed by atoms with Gasteiger partial charge in [0.25, 0.3) is 0 Å². The second kappa shape index (κ2) is 6.67. The minimum Gasteiger partial charge on any atom is -0.370 e. The van der Waals surface area contributed by atoms with Crippen molar-refractivity contribution in [3.63, 3.8) is 0 Å². The predicted molar refractivity (Wildman–Crippen MR) is 68.1 cm³/mol. The van der Waals surface area contributed by atoms with Crippen molar-refractivity contribution in [2.45, 2.75) is 20.3 Å². The molecule has 0 aromatic carbocycles. The van der Waals surface area contributed by atoms with Gasteiger partial charge in [-0.1, -0.05) is 0 Å². The lowest BCUT2D eigenvalue weighted by atomic mass is 10.3. The first kappa shape index (κ1) is 13.2. The predicted octanol–water partition coefficient (Wildman–Crippen LogP) is 0.765. The van der Waals surface area contributed by atoms with E-state index < -0.39 is 0 Å². The van der Waals surface area contributed by atoms with Crippen LogP contribution >= 0.6 is 0 Å². The molecular formula is C11H19N5O. The van der Waals surface area contributed by atoms with Crippen LogP contribution in [0.4, 0.5) is 11.6 Å². The first-order valence-electron chi connectivity index (χ1n) is 5.69. The van der Waals surface area contributed by atoms with Gasteiger partial charge in [0, 0.05) is 32.1 Å². The number of nitrogens with zero attached hydrogens (tertiary/aromatic N) is 2. The topological polar surface area (TPSA) is 78.9 Å². The number of hydrogen-bond acceptors (Lipinski definition) is 5. The van der Waals surface area contributed by atoms with E-state index in [-0.39, 0.29) is 5.91 Å². The Balaban J connectivity index is 2.59. The van der Waals surface area contributed by atoms with E-state index in [1.54, 1.807) is 7.05 Å². The van der Waals surface area contributed by atoms with E-state index in [0.29, 0.717) is 13.0 Å². The van der Waals surface area contributed by atoms with Crippen molar-refractivity contribution in [3.05, 3.63) is 11.9 Å². The van der Waals surface area contributed by atoms with Crippen LogP contribution < -0.4 is 16.0 Å². The zero-order valence-corrected chi connectivity index (χ0v) is 10.5. The van der Waals surface area contributed by atoms with Crippen molar-refractivity contribution in [3.8, 4) is 0 Å². The van der Waals surface area contributed by atoms with Crippen LogP contribution in [-0.2, 0) is 4.79 Å². The third-order valence-electron chi connectivity index (χ3n) is 2.35. The van der Waals surface area contributed by atoms with Crippen LogP contribution in [0.2, 0.25) is 0 Å². The number of anilines is 2. The Morgan fingerprint density at radius 1 is 1.29 bits per heavy atom. The molecule has 0 aliphatic heterocycles. The minimum absolute atomic E-state index is 0.0103. The van der Waals surface area contributed by atoms with Crippen molar-refractivity contribution in [1.29, 1.82) is 0 Å². The summed E-state index contributed by atoms with van der Waals surface area (Å²) in [6.45, 7) is 5.33. The third kappa shape index (κ3) is 3.90. The fourth-order valence-electron chi connectivity index (χ4n) is 1.39. The summed E-state index contributed by atoms with van der Waals surface area (Å²) in [4.78, 5) is 19.4. The van der Waals surface area contributed by atoms with Crippen LogP contribution in [0.3, 0.4) is 0 Å². The summed E-state index contributed by atoms with van der Waals surface area (Å²) in [7, 11) is 1.63. The van der Waals surface area contributed by atoms with E-state index in [4.69, 9.17) is 0 Å². The number of carbonyl (C=O) groups excluding carboxylic acids is 1. The van der Waals surface area contributed by atoms with Gasteiger partial charge in [-0.3, -0.25) is 4.79 Å². The molecule has 1 amide bonds. The Hall–Kier alpha value is -1.85. The highest BCUT2D eigenvalue weighted by atomic mass is 16.1. The molecule has 0 aliphatic carbocycles. The van der Waals surface area contributed by atoms with E-state index >= 15 is 0 Å². The van der Waals surface area contributed by atoms with Crippen LogP contribution in [-0.4, -0.2) is 36.0 Å². The number of hydrogen-bond donors (Lipinski definition) is 3. The molecule has 1 aromatic heterocycles. The van der Waals surface area contributed by atoms with Crippen molar-refractivity contribution in [1.82, 2.24) is 15.3 Å². The summed E-state index contributed by atoms with van der Waals surface area (Å²) in [6.07, 6.45) is 1.93. The quantitative estimate of drug-likeness (QED) is 0.681. The Kier molecular flexibility index (Phi) is 5.19. The van der Waals surface area contributed by atoms with Gasteiger partial charge in [-0.2, -0.15) is 0 Å². The normalized spacial score (nSPS) is 9.82. The highest BCUT2D eigenvalue weighted by Gasteiger charge is 2.06. The average Bonchev–Trinajstić information content (AvgIpc) is 2.33. The van der Waals surface area contributed by atoms with Gasteiger partial charge in [-0.05, 0) is 13.8 Å². The van der Waals surface area contributed by atoms with Gasteiger partial charge in [-0.15, -0.1) is 0 Å². The van der Waals surface area contributed by atoms with Crippen molar-refractivity contribution >= 4 is 17.5 Å². The largest absolute Gasteiger partial charge is 0.370 e. The van der Waals surface area contributed by atoms with E-state index in [0.717, 1.165) is 23.7 Å². The molecule has 0 bridgehead atoms. The zero-order chi connectivity index (χ0) is 12.7. The Morgan fingerprint density at radius 3 is 2.53 bits per heavy atom. The fourth-order valence-corrected chi connectivity index (χ4v) is 1.39. The molecule has 0 spiro atoms. The maximum atomic E-state index is 11.1.